The summed E-state index contributed by atoms with van der Waals surface area (Å²) in [5.74, 6) is -1.13. The van der Waals surface area contributed by atoms with Crippen LogP contribution < -0.4 is 9.03 Å². The number of halogens is 4. The zero-order valence-corrected chi connectivity index (χ0v) is 15.9. The second-order valence-electron chi connectivity index (χ2n) is 6.14. The highest BCUT2D eigenvalue weighted by molar-refractivity contribution is 7.93. The maximum absolute atomic E-state index is 14.2. The molecule has 0 saturated carbocycles. The lowest BCUT2D eigenvalue weighted by atomic mass is 10.0. The van der Waals surface area contributed by atoms with Crippen molar-refractivity contribution in [3.05, 3.63) is 53.3 Å². The first-order chi connectivity index (χ1) is 12.8. The van der Waals surface area contributed by atoms with Gasteiger partial charge in [-0.25, -0.2) is 21.2 Å². The molecule has 0 bridgehead atoms. The van der Waals surface area contributed by atoms with E-state index in [9.17, 15) is 34.4 Å². The molecule has 12 heteroatoms. The van der Waals surface area contributed by atoms with Crippen LogP contribution in [0.25, 0.3) is 0 Å². The molecule has 3 rings (SSSR count). The highest BCUT2D eigenvalue weighted by atomic mass is 32.2. The Kier molecular flexibility index (Phi) is 4.82. The van der Waals surface area contributed by atoms with Crippen molar-refractivity contribution in [2.24, 2.45) is 0 Å². The molecule has 2 aromatic carbocycles. The first-order valence-electron chi connectivity index (χ1n) is 7.80. The molecule has 0 amide bonds. The van der Waals surface area contributed by atoms with Crippen LogP contribution >= 0.6 is 0 Å². The van der Waals surface area contributed by atoms with Crippen LogP contribution in [-0.2, 0) is 32.6 Å². The largest absolute Gasteiger partial charge is 0.416 e. The standard InChI is InChI=1S/C16H14F4N2O4S2/c1-27(23,24)21-14-6-5-10(9-13(14)17)28(25,26)22-8-7-11-12(16(18,19)20)3-2-4-15(11)22/h2-6,9,21H,7-8H2,1H3. The van der Waals surface area contributed by atoms with Crippen LogP contribution in [0.1, 0.15) is 11.1 Å². The molecule has 0 spiro atoms. The summed E-state index contributed by atoms with van der Waals surface area (Å²) < 4.78 is 104. The van der Waals surface area contributed by atoms with E-state index in [4.69, 9.17) is 0 Å². The summed E-state index contributed by atoms with van der Waals surface area (Å²) in [6.45, 7) is -0.226. The molecule has 1 aliphatic heterocycles. The van der Waals surface area contributed by atoms with Crippen LogP contribution in [-0.4, -0.2) is 29.6 Å². The molecule has 0 unspecified atom stereocenters. The van der Waals surface area contributed by atoms with Gasteiger partial charge in [0, 0.05) is 6.54 Å². The van der Waals surface area contributed by atoms with Crippen LogP contribution in [0.15, 0.2) is 41.3 Å². The highest BCUT2D eigenvalue weighted by Gasteiger charge is 2.39. The number of nitrogens with one attached hydrogen (secondary N) is 1. The number of sulfonamides is 2. The minimum absolute atomic E-state index is 0.117. The molecular formula is C16H14F4N2O4S2. The summed E-state index contributed by atoms with van der Waals surface area (Å²) >= 11 is 0. The lowest BCUT2D eigenvalue weighted by Crippen LogP contribution is -2.29. The lowest BCUT2D eigenvalue weighted by molar-refractivity contribution is -0.138. The minimum Gasteiger partial charge on any atom is -0.281 e. The molecule has 0 saturated heterocycles. The second-order valence-corrected chi connectivity index (χ2v) is 9.75. The molecule has 6 nitrogen and oxygen atoms in total. The average Bonchev–Trinajstić information content (AvgIpc) is 2.99. The summed E-state index contributed by atoms with van der Waals surface area (Å²) in [6.07, 6.45) is -3.97. The third kappa shape index (κ3) is 3.78. The average molecular weight is 438 g/mol. The molecule has 152 valence electrons. The first kappa shape index (κ1) is 20.4. The van der Waals surface area contributed by atoms with Gasteiger partial charge in [0.15, 0.2) is 0 Å². The van der Waals surface area contributed by atoms with Crippen LogP contribution in [0.3, 0.4) is 0 Å². The smallest absolute Gasteiger partial charge is 0.281 e. The third-order valence-corrected chi connectivity index (χ3v) is 6.51. The van der Waals surface area contributed by atoms with Gasteiger partial charge < -0.3 is 0 Å². The Morgan fingerprint density at radius 3 is 2.32 bits per heavy atom. The summed E-state index contributed by atoms with van der Waals surface area (Å²) in [6, 6.07) is 5.78. The molecular weight excluding hydrogens is 424 g/mol. The summed E-state index contributed by atoms with van der Waals surface area (Å²) in [5.41, 5.74) is -1.62. The zero-order valence-electron chi connectivity index (χ0n) is 14.3. The van der Waals surface area contributed by atoms with E-state index in [1.165, 1.54) is 6.07 Å². The van der Waals surface area contributed by atoms with Gasteiger partial charge in [-0.1, -0.05) is 6.07 Å². The van der Waals surface area contributed by atoms with Crippen LogP contribution in [0, 0.1) is 5.82 Å². The molecule has 0 radical (unpaired) electrons. The molecule has 0 atom stereocenters. The number of alkyl halides is 3. The van der Waals surface area contributed by atoms with Gasteiger partial charge in [-0.05, 0) is 42.3 Å². The van der Waals surface area contributed by atoms with Crippen molar-refractivity contribution in [2.75, 3.05) is 21.8 Å². The Balaban J connectivity index is 2.02. The van der Waals surface area contributed by atoms with E-state index < -0.39 is 48.2 Å². The van der Waals surface area contributed by atoms with Crippen molar-refractivity contribution in [1.82, 2.24) is 0 Å². The van der Waals surface area contributed by atoms with Crippen molar-refractivity contribution in [2.45, 2.75) is 17.5 Å². The van der Waals surface area contributed by atoms with E-state index in [-0.39, 0.29) is 24.2 Å². The molecule has 0 fully saturated rings. The third-order valence-electron chi connectivity index (χ3n) is 4.11. The summed E-state index contributed by atoms with van der Waals surface area (Å²) in [4.78, 5) is -0.505. The Labute approximate surface area is 158 Å². The van der Waals surface area contributed by atoms with E-state index in [1.807, 2.05) is 4.72 Å². The molecule has 1 aliphatic rings. The van der Waals surface area contributed by atoms with E-state index in [0.29, 0.717) is 6.07 Å². The van der Waals surface area contributed by atoms with Crippen LogP contribution in [0.4, 0.5) is 28.9 Å². The van der Waals surface area contributed by atoms with E-state index in [2.05, 4.69) is 0 Å². The van der Waals surface area contributed by atoms with E-state index in [1.54, 1.807) is 0 Å². The maximum atomic E-state index is 14.2. The fourth-order valence-electron chi connectivity index (χ4n) is 2.99. The quantitative estimate of drug-likeness (QED) is 0.744. The van der Waals surface area contributed by atoms with Gasteiger partial charge >= 0.3 is 6.18 Å². The van der Waals surface area contributed by atoms with Crippen molar-refractivity contribution < 1.29 is 34.4 Å². The highest BCUT2D eigenvalue weighted by Crippen LogP contribution is 2.41. The Bertz CT molecular complexity index is 1150. The van der Waals surface area contributed by atoms with Gasteiger partial charge in [-0.2, -0.15) is 13.2 Å². The van der Waals surface area contributed by atoms with Gasteiger partial charge in [-0.3, -0.25) is 9.03 Å². The Morgan fingerprint density at radius 1 is 1.07 bits per heavy atom. The Hall–Kier alpha value is -2.34. The molecule has 28 heavy (non-hydrogen) atoms. The number of anilines is 2. The SMILES string of the molecule is CS(=O)(=O)Nc1ccc(S(=O)(=O)N2CCc3c2cccc3C(F)(F)F)cc1F. The maximum Gasteiger partial charge on any atom is 0.416 e. The van der Waals surface area contributed by atoms with Gasteiger partial charge in [0.05, 0.1) is 28.1 Å². The number of rotatable bonds is 4. The van der Waals surface area contributed by atoms with Gasteiger partial charge in [0.25, 0.3) is 10.0 Å². The second kappa shape index (κ2) is 6.62. The molecule has 1 N–H and O–H groups in total. The Morgan fingerprint density at radius 2 is 1.75 bits per heavy atom. The molecule has 2 aromatic rings. The predicted molar refractivity (Wildman–Crippen MR) is 94.5 cm³/mol. The number of hydrogen-bond donors (Lipinski definition) is 1. The normalized spacial score (nSPS) is 14.8. The van der Waals surface area contributed by atoms with Gasteiger partial charge in [0.2, 0.25) is 10.0 Å². The molecule has 0 aromatic heterocycles. The zero-order chi connectivity index (χ0) is 20.9. The van der Waals surface area contributed by atoms with Crippen molar-refractivity contribution in [3.63, 3.8) is 0 Å². The van der Waals surface area contributed by atoms with Crippen molar-refractivity contribution in [3.8, 4) is 0 Å². The van der Waals surface area contributed by atoms with Crippen LogP contribution in [0.5, 0.6) is 0 Å². The van der Waals surface area contributed by atoms with Gasteiger partial charge in [0.1, 0.15) is 5.82 Å². The molecule has 0 aliphatic carbocycles. The monoisotopic (exact) mass is 438 g/mol. The number of fused-ring (bicyclic) bond motifs is 1. The van der Waals surface area contributed by atoms with E-state index >= 15 is 0 Å². The van der Waals surface area contributed by atoms with Gasteiger partial charge in [-0.15, -0.1) is 0 Å². The lowest BCUT2D eigenvalue weighted by Gasteiger charge is -2.20. The number of nitrogens with zero attached hydrogens (tertiary/aromatic N) is 1. The fraction of sp³-hybridized carbons (Fsp3) is 0.250. The fourth-order valence-corrected chi connectivity index (χ4v) is 5.06. The summed E-state index contributed by atoms with van der Waals surface area (Å²) in [7, 11) is -8.13. The predicted octanol–water partition coefficient (Wildman–Crippen LogP) is 2.97. The van der Waals surface area contributed by atoms with E-state index in [0.717, 1.165) is 34.8 Å². The van der Waals surface area contributed by atoms with Crippen molar-refractivity contribution >= 4 is 31.4 Å². The van der Waals surface area contributed by atoms with Crippen molar-refractivity contribution in [1.29, 1.82) is 0 Å². The summed E-state index contributed by atoms with van der Waals surface area (Å²) in [5, 5.41) is 0. The number of hydrogen-bond acceptors (Lipinski definition) is 4. The topological polar surface area (TPSA) is 83.5 Å². The molecule has 1 heterocycles. The number of benzene rings is 2. The first-order valence-corrected chi connectivity index (χ1v) is 11.1. The minimum atomic E-state index is -4.63. The van der Waals surface area contributed by atoms with Crippen LogP contribution in [0.2, 0.25) is 0 Å².